The van der Waals surface area contributed by atoms with Crippen LogP contribution in [0.5, 0.6) is 0 Å². The number of halogens is 2. The normalized spacial score (nSPS) is 11.1. The van der Waals surface area contributed by atoms with E-state index in [1.807, 2.05) is 24.3 Å². The molecule has 0 aliphatic carbocycles. The lowest BCUT2D eigenvalue weighted by atomic mass is 10.1. The Morgan fingerprint density at radius 3 is 2.85 bits per heavy atom. The van der Waals surface area contributed by atoms with E-state index in [2.05, 4.69) is 50.6 Å². The number of aromatic amines is 1. The van der Waals surface area contributed by atoms with E-state index in [0.29, 0.717) is 0 Å². The van der Waals surface area contributed by atoms with Crippen molar-refractivity contribution in [2.24, 2.45) is 0 Å². The van der Waals surface area contributed by atoms with Crippen LogP contribution in [0.2, 0.25) is 5.02 Å². The number of rotatable bonds is 4. The summed E-state index contributed by atoms with van der Waals surface area (Å²) < 4.78 is 1.10. The van der Waals surface area contributed by atoms with Gasteiger partial charge in [-0.25, -0.2) is 0 Å². The Morgan fingerprint density at radius 2 is 2.00 bits per heavy atom. The van der Waals surface area contributed by atoms with E-state index in [0.717, 1.165) is 28.1 Å². The van der Waals surface area contributed by atoms with Crippen LogP contribution in [0, 0.1) is 0 Å². The summed E-state index contributed by atoms with van der Waals surface area (Å²) in [6.07, 6.45) is 2.06. The van der Waals surface area contributed by atoms with Crippen LogP contribution in [-0.4, -0.2) is 4.98 Å². The van der Waals surface area contributed by atoms with Gasteiger partial charge in [-0.1, -0.05) is 39.7 Å². The van der Waals surface area contributed by atoms with Crippen molar-refractivity contribution in [2.75, 3.05) is 0 Å². The molecule has 2 aromatic carbocycles. The number of benzene rings is 2. The zero-order chi connectivity index (χ0) is 13.9. The van der Waals surface area contributed by atoms with Crippen molar-refractivity contribution in [3.63, 3.8) is 0 Å². The Balaban J connectivity index is 1.69. The standard InChI is InChI=1S/C16H14BrClN2/c17-13-4-5-16-15(7-13)12(10-20-16)9-19-8-11-2-1-3-14(18)6-11/h1-7,10,19-20H,8-9H2. The van der Waals surface area contributed by atoms with Gasteiger partial charge in [0.15, 0.2) is 0 Å². The molecule has 2 nitrogen and oxygen atoms in total. The van der Waals surface area contributed by atoms with E-state index < -0.39 is 0 Å². The molecule has 1 aromatic heterocycles. The van der Waals surface area contributed by atoms with Gasteiger partial charge >= 0.3 is 0 Å². The first kappa shape index (κ1) is 13.7. The maximum atomic E-state index is 5.98. The molecule has 0 spiro atoms. The SMILES string of the molecule is Clc1cccc(CNCc2c[nH]c3ccc(Br)cc23)c1. The second-order valence-corrected chi connectivity index (χ2v) is 6.09. The van der Waals surface area contributed by atoms with Gasteiger partial charge in [0.25, 0.3) is 0 Å². The van der Waals surface area contributed by atoms with Crippen molar-refractivity contribution in [3.8, 4) is 0 Å². The Morgan fingerprint density at radius 1 is 1.10 bits per heavy atom. The smallest absolute Gasteiger partial charge is 0.0458 e. The highest BCUT2D eigenvalue weighted by atomic mass is 79.9. The average Bonchev–Trinajstić information content (AvgIpc) is 2.82. The Labute approximate surface area is 131 Å². The fraction of sp³-hybridized carbons (Fsp3) is 0.125. The van der Waals surface area contributed by atoms with Crippen LogP contribution in [0.4, 0.5) is 0 Å². The Kier molecular flexibility index (Phi) is 4.10. The molecule has 0 fully saturated rings. The molecule has 0 unspecified atom stereocenters. The number of hydrogen-bond donors (Lipinski definition) is 2. The maximum absolute atomic E-state index is 5.98. The topological polar surface area (TPSA) is 27.8 Å². The lowest BCUT2D eigenvalue weighted by molar-refractivity contribution is 0.696. The second-order valence-electron chi connectivity index (χ2n) is 4.74. The number of H-pyrrole nitrogens is 1. The third-order valence-electron chi connectivity index (χ3n) is 3.26. The minimum atomic E-state index is 0.778. The summed E-state index contributed by atoms with van der Waals surface area (Å²) in [5.74, 6) is 0. The van der Waals surface area contributed by atoms with E-state index in [9.17, 15) is 0 Å². The van der Waals surface area contributed by atoms with Crippen molar-refractivity contribution >= 4 is 38.4 Å². The highest BCUT2D eigenvalue weighted by Gasteiger charge is 2.04. The minimum absolute atomic E-state index is 0.778. The maximum Gasteiger partial charge on any atom is 0.0458 e. The van der Waals surface area contributed by atoms with Gasteiger partial charge in [-0.3, -0.25) is 0 Å². The monoisotopic (exact) mass is 348 g/mol. The molecule has 0 atom stereocenters. The quantitative estimate of drug-likeness (QED) is 0.690. The van der Waals surface area contributed by atoms with Crippen LogP contribution < -0.4 is 5.32 Å². The zero-order valence-electron chi connectivity index (χ0n) is 10.8. The molecular formula is C16H14BrClN2. The summed E-state index contributed by atoms with van der Waals surface area (Å²) in [5.41, 5.74) is 3.62. The average molecular weight is 350 g/mol. The highest BCUT2D eigenvalue weighted by Crippen LogP contribution is 2.22. The number of nitrogens with one attached hydrogen (secondary N) is 2. The molecule has 102 valence electrons. The molecule has 4 heteroatoms. The third-order valence-corrected chi connectivity index (χ3v) is 3.99. The summed E-state index contributed by atoms with van der Waals surface area (Å²) in [4.78, 5) is 3.29. The lowest BCUT2D eigenvalue weighted by Gasteiger charge is -2.05. The first-order valence-electron chi connectivity index (χ1n) is 6.43. The van der Waals surface area contributed by atoms with Gasteiger partial charge in [-0.05, 0) is 41.5 Å². The zero-order valence-corrected chi connectivity index (χ0v) is 13.1. The lowest BCUT2D eigenvalue weighted by Crippen LogP contribution is -2.12. The van der Waals surface area contributed by atoms with E-state index in [4.69, 9.17) is 11.6 Å². The molecule has 0 bridgehead atoms. The Bertz CT molecular complexity index is 736. The van der Waals surface area contributed by atoms with Crippen LogP contribution in [-0.2, 0) is 13.1 Å². The first-order chi connectivity index (χ1) is 9.72. The Hall–Kier alpha value is -1.29. The van der Waals surface area contributed by atoms with Gasteiger partial charge in [-0.15, -0.1) is 0 Å². The second kappa shape index (κ2) is 6.00. The van der Waals surface area contributed by atoms with Gasteiger partial charge in [0, 0.05) is 39.7 Å². The molecule has 0 saturated heterocycles. The van der Waals surface area contributed by atoms with E-state index in [1.54, 1.807) is 0 Å². The number of aromatic nitrogens is 1. The van der Waals surface area contributed by atoms with Crippen molar-refractivity contribution in [1.82, 2.24) is 10.3 Å². The molecule has 2 N–H and O–H groups in total. The minimum Gasteiger partial charge on any atom is -0.361 e. The van der Waals surface area contributed by atoms with Crippen LogP contribution >= 0.6 is 27.5 Å². The highest BCUT2D eigenvalue weighted by molar-refractivity contribution is 9.10. The van der Waals surface area contributed by atoms with Crippen LogP contribution in [0.25, 0.3) is 10.9 Å². The summed E-state index contributed by atoms with van der Waals surface area (Å²) in [7, 11) is 0. The van der Waals surface area contributed by atoms with Crippen molar-refractivity contribution in [3.05, 3.63) is 69.3 Å². The fourth-order valence-corrected chi connectivity index (χ4v) is 2.86. The largest absolute Gasteiger partial charge is 0.361 e. The van der Waals surface area contributed by atoms with E-state index in [-0.39, 0.29) is 0 Å². The van der Waals surface area contributed by atoms with Crippen molar-refractivity contribution in [1.29, 1.82) is 0 Å². The molecule has 0 aliphatic heterocycles. The fourth-order valence-electron chi connectivity index (χ4n) is 2.29. The molecule has 20 heavy (non-hydrogen) atoms. The van der Waals surface area contributed by atoms with E-state index >= 15 is 0 Å². The van der Waals surface area contributed by atoms with Crippen LogP contribution in [0.3, 0.4) is 0 Å². The van der Waals surface area contributed by atoms with Crippen LogP contribution in [0.15, 0.2) is 53.1 Å². The molecule has 0 aliphatic rings. The molecule has 0 radical (unpaired) electrons. The van der Waals surface area contributed by atoms with Crippen molar-refractivity contribution in [2.45, 2.75) is 13.1 Å². The predicted octanol–water partition coefficient (Wildman–Crippen LogP) is 4.87. The van der Waals surface area contributed by atoms with Crippen LogP contribution in [0.1, 0.15) is 11.1 Å². The molecule has 3 rings (SSSR count). The summed E-state index contributed by atoms with van der Waals surface area (Å²) >= 11 is 9.50. The van der Waals surface area contributed by atoms with Gasteiger partial charge in [0.2, 0.25) is 0 Å². The van der Waals surface area contributed by atoms with Gasteiger partial charge in [0.05, 0.1) is 0 Å². The summed E-state index contributed by atoms with van der Waals surface area (Å²) in [6, 6.07) is 14.2. The summed E-state index contributed by atoms with van der Waals surface area (Å²) in [6.45, 7) is 1.63. The summed E-state index contributed by atoms with van der Waals surface area (Å²) in [5, 5.41) is 5.48. The third kappa shape index (κ3) is 3.06. The molecule has 1 heterocycles. The predicted molar refractivity (Wildman–Crippen MR) is 88.0 cm³/mol. The number of hydrogen-bond acceptors (Lipinski definition) is 1. The molecule has 0 amide bonds. The number of fused-ring (bicyclic) bond motifs is 1. The van der Waals surface area contributed by atoms with Crippen molar-refractivity contribution < 1.29 is 0 Å². The van der Waals surface area contributed by atoms with Gasteiger partial charge < -0.3 is 10.3 Å². The van der Waals surface area contributed by atoms with E-state index in [1.165, 1.54) is 16.5 Å². The first-order valence-corrected chi connectivity index (χ1v) is 7.60. The molecule has 0 saturated carbocycles. The van der Waals surface area contributed by atoms with Gasteiger partial charge in [0.1, 0.15) is 0 Å². The molecular weight excluding hydrogens is 336 g/mol. The molecule has 3 aromatic rings. The van der Waals surface area contributed by atoms with Gasteiger partial charge in [-0.2, -0.15) is 0 Å².